The average molecular weight is 720 g/mol. The maximum atomic E-state index is 6.63. The SMILES string of the molecule is Cc1cc(CCCCOc2cc(-c3cc(OCCCc4cc(C)on4)ccc3C)c(C)cc2-c2cc(OCCOCc3cc(C)on3)ccc2C)no1. The summed E-state index contributed by atoms with van der Waals surface area (Å²) in [4.78, 5) is 0. The molecule has 0 bridgehead atoms. The molecule has 6 rings (SSSR count). The van der Waals surface area contributed by atoms with Crippen molar-refractivity contribution in [3.05, 3.63) is 118 Å². The minimum absolute atomic E-state index is 0.377. The van der Waals surface area contributed by atoms with Crippen LogP contribution in [0.25, 0.3) is 22.3 Å². The maximum absolute atomic E-state index is 6.63. The Morgan fingerprint density at radius 1 is 0.453 bits per heavy atom. The molecule has 0 atom stereocenters. The first-order valence-electron chi connectivity index (χ1n) is 18.3. The number of aryl methyl sites for hydroxylation is 8. The summed E-state index contributed by atoms with van der Waals surface area (Å²) >= 11 is 0. The van der Waals surface area contributed by atoms with E-state index in [0.717, 1.165) is 123 Å². The van der Waals surface area contributed by atoms with Crippen LogP contribution >= 0.6 is 0 Å². The lowest BCUT2D eigenvalue weighted by Gasteiger charge is -2.19. The van der Waals surface area contributed by atoms with E-state index in [9.17, 15) is 0 Å². The second-order valence-corrected chi connectivity index (χ2v) is 13.6. The molecule has 0 aliphatic carbocycles. The molecule has 3 aromatic carbocycles. The van der Waals surface area contributed by atoms with Crippen molar-refractivity contribution in [1.29, 1.82) is 0 Å². The van der Waals surface area contributed by atoms with E-state index >= 15 is 0 Å². The topological polar surface area (TPSA) is 115 Å². The molecular formula is C43H49N3O7. The molecule has 3 aromatic heterocycles. The fraction of sp³-hybridized carbons (Fsp3) is 0.372. The maximum Gasteiger partial charge on any atom is 0.134 e. The van der Waals surface area contributed by atoms with Gasteiger partial charge in [-0.2, -0.15) is 0 Å². The predicted molar refractivity (Wildman–Crippen MR) is 203 cm³/mol. The standard InChI is InChI=1S/C43H49N3O7/c1-28-12-14-37(48-17-9-11-35-22-32(5)52-45-35)24-39(28)41-26-43(50-16-8-7-10-34-21-31(4)51-44-34)42(20-30(41)3)40-25-38(15-13-29(40)2)49-19-18-47-27-36-23-33(6)53-46-36/h12-15,20-26H,7-11,16-19,27H2,1-6H3. The molecule has 6 aromatic rings. The second kappa shape index (κ2) is 17.9. The van der Waals surface area contributed by atoms with E-state index < -0.39 is 0 Å². The largest absolute Gasteiger partial charge is 0.494 e. The van der Waals surface area contributed by atoms with Crippen LogP contribution in [0.1, 0.15) is 70.3 Å². The number of nitrogens with zero attached hydrogens (tertiary/aromatic N) is 3. The summed E-state index contributed by atoms with van der Waals surface area (Å²) in [5.41, 5.74) is 10.4. The Morgan fingerprint density at radius 3 is 1.58 bits per heavy atom. The van der Waals surface area contributed by atoms with Crippen LogP contribution in [0.5, 0.6) is 17.2 Å². The summed E-state index contributed by atoms with van der Waals surface area (Å²) in [5.74, 6) is 4.83. The van der Waals surface area contributed by atoms with E-state index in [0.29, 0.717) is 33.0 Å². The molecule has 0 amide bonds. The number of benzene rings is 3. The molecular weight excluding hydrogens is 670 g/mol. The molecule has 0 saturated carbocycles. The van der Waals surface area contributed by atoms with Gasteiger partial charge in [-0.05, 0) is 143 Å². The summed E-state index contributed by atoms with van der Waals surface area (Å²) in [6, 6.07) is 22.7. The highest BCUT2D eigenvalue weighted by atomic mass is 16.5. The normalized spacial score (nSPS) is 11.3. The Labute approximate surface area is 311 Å². The monoisotopic (exact) mass is 719 g/mol. The number of rotatable bonds is 19. The Hall–Kier alpha value is -5.35. The molecule has 0 aliphatic rings. The van der Waals surface area contributed by atoms with E-state index in [1.165, 1.54) is 0 Å². The van der Waals surface area contributed by atoms with Gasteiger partial charge in [0, 0.05) is 23.8 Å². The fourth-order valence-electron chi connectivity index (χ4n) is 6.26. The average Bonchev–Trinajstić information content (AvgIpc) is 3.89. The highest BCUT2D eigenvalue weighted by Gasteiger charge is 2.17. The van der Waals surface area contributed by atoms with Gasteiger partial charge in [-0.15, -0.1) is 0 Å². The number of aromatic nitrogens is 3. The summed E-state index contributed by atoms with van der Waals surface area (Å²) in [6.07, 6.45) is 4.31. The van der Waals surface area contributed by atoms with Crippen LogP contribution in [0.15, 0.2) is 80.3 Å². The van der Waals surface area contributed by atoms with Gasteiger partial charge in [0.05, 0.1) is 37.8 Å². The summed E-state index contributed by atoms with van der Waals surface area (Å²) < 4.78 is 40.3. The fourth-order valence-corrected chi connectivity index (χ4v) is 6.26. The van der Waals surface area contributed by atoms with Crippen LogP contribution in [0, 0.1) is 41.5 Å². The zero-order chi connectivity index (χ0) is 37.2. The predicted octanol–water partition coefficient (Wildman–Crippen LogP) is 9.84. The quantitative estimate of drug-likeness (QED) is 0.0749. The van der Waals surface area contributed by atoms with Crippen molar-refractivity contribution < 1.29 is 32.5 Å². The van der Waals surface area contributed by atoms with Crippen molar-refractivity contribution in [3.63, 3.8) is 0 Å². The Kier molecular flexibility index (Phi) is 12.6. The van der Waals surface area contributed by atoms with Crippen molar-refractivity contribution in [3.8, 4) is 39.5 Å². The lowest BCUT2D eigenvalue weighted by Crippen LogP contribution is -2.07. The molecule has 0 N–H and O–H groups in total. The minimum Gasteiger partial charge on any atom is -0.494 e. The van der Waals surface area contributed by atoms with Gasteiger partial charge in [-0.1, -0.05) is 27.6 Å². The number of unbranched alkanes of at least 4 members (excludes halogenated alkanes) is 1. The van der Waals surface area contributed by atoms with Gasteiger partial charge in [0.2, 0.25) is 0 Å². The minimum atomic E-state index is 0.377. The van der Waals surface area contributed by atoms with E-state index in [-0.39, 0.29) is 0 Å². The van der Waals surface area contributed by atoms with Crippen molar-refractivity contribution in [2.75, 3.05) is 26.4 Å². The van der Waals surface area contributed by atoms with Crippen molar-refractivity contribution in [2.45, 2.75) is 80.3 Å². The van der Waals surface area contributed by atoms with Crippen LogP contribution in [0.3, 0.4) is 0 Å². The number of hydrogen-bond acceptors (Lipinski definition) is 10. The second-order valence-electron chi connectivity index (χ2n) is 13.6. The van der Waals surface area contributed by atoms with Crippen molar-refractivity contribution in [1.82, 2.24) is 15.5 Å². The van der Waals surface area contributed by atoms with E-state index in [4.69, 9.17) is 32.5 Å². The van der Waals surface area contributed by atoms with Crippen LogP contribution in [0.4, 0.5) is 0 Å². The lowest BCUT2D eigenvalue weighted by atomic mass is 9.91. The van der Waals surface area contributed by atoms with E-state index in [2.05, 4.69) is 72.6 Å². The molecule has 0 unspecified atom stereocenters. The Balaban J connectivity index is 1.19. The van der Waals surface area contributed by atoms with Crippen molar-refractivity contribution in [2.24, 2.45) is 0 Å². The number of ether oxygens (including phenoxy) is 4. The van der Waals surface area contributed by atoms with E-state index in [1.54, 1.807) is 0 Å². The molecule has 0 saturated heterocycles. The van der Waals surface area contributed by atoms with Gasteiger partial charge in [0.1, 0.15) is 46.8 Å². The van der Waals surface area contributed by atoms with Crippen LogP contribution in [-0.2, 0) is 24.2 Å². The summed E-state index contributed by atoms with van der Waals surface area (Å²) in [5, 5.41) is 12.2. The highest BCUT2D eigenvalue weighted by Crippen LogP contribution is 2.41. The Bertz CT molecular complexity index is 2090. The molecule has 0 fully saturated rings. The van der Waals surface area contributed by atoms with Gasteiger partial charge in [-0.25, -0.2) is 0 Å². The number of hydrogen-bond donors (Lipinski definition) is 0. The first kappa shape index (κ1) is 37.4. The smallest absolute Gasteiger partial charge is 0.134 e. The molecule has 3 heterocycles. The molecule has 0 radical (unpaired) electrons. The molecule has 278 valence electrons. The van der Waals surface area contributed by atoms with Crippen LogP contribution < -0.4 is 14.2 Å². The molecule has 0 spiro atoms. The van der Waals surface area contributed by atoms with Crippen LogP contribution in [0.2, 0.25) is 0 Å². The van der Waals surface area contributed by atoms with Crippen molar-refractivity contribution >= 4 is 0 Å². The van der Waals surface area contributed by atoms with E-state index in [1.807, 2.05) is 51.1 Å². The molecule has 0 aliphatic heterocycles. The van der Waals surface area contributed by atoms with Gasteiger partial charge >= 0.3 is 0 Å². The molecule has 10 heteroatoms. The first-order chi connectivity index (χ1) is 25.7. The van der Waals surface area contributed by atoms with Gasteiger partial charge in [0.25, 0.3) is 0 Å². The first-order valence-corrected chi connectivity index (χ1v) is 18.3. The Morgan fingerprint density at radius 2 is 0.981 bits per heavy atom. The van der Waals surface area contributed by atoms with Crippen LogP contribution in [-0.4, -0.2) is 41.9 Å². The third-order valence-corrected chi connectivity index (χ3v) is 9.03. The van der Waals surface area contributed by atoms with Gasteiger partial charge in [0.15, 0.2) is 0 Å². The summed E-state index contributed by atoms with van der Waals surface area (Å²) in [6.45, 7) is 14.4. The third-order valence-electron chi connectivity index (χ3n) is 9.03. The van der Waals surface area contributed by atoms with Gasteiger partial charge < -0.3 is 32.5 Å². The summed E-state index contributed by atoms with van der Waals surface area (Å²) in [7, 11) is 0. The zero-order valence-electron chi connectivity index (χ0n) is 31.6. The highest BCUT2D eigenvalue weighted by molar-refractivity contribution is 5.82. The zero-order valence-corrected chi connectivity index (χ0v) is 31.6. The molecule has 10 nitrogen and oxygen atoms in total. The van der Waals surface area contributed by atoms with Gasteiger partial charge in [-0.3, -0.25) is 0 Å². The third kappa shape index (κ3) is 10.4. The molecule has 53 heavy (non-hydrogen) atoms. The lowest BCUT2D eigenvalue weighted by molar-refractivity contribution is 0.0852.